The summed E-state index contributed by atoms with van der Waals surface area (Å²) < 4.78 is 0. The maximum absolute atomic E-state index is 10.8. The highest BCUT2D eigenvalue weighted by Gasteiger charge is 2.09. The summed E-state index contributed by atoms with van der Waals surface area (Å²) in [5.41, 5.74) is 1.10. The van der Waals surface area contributed by atoms with Crippen LogP contribution >= 0.6 is 0 Å². The van der Waals surface area contributed by atoms with Crippen molar-refractivity contribution < 1.29 is 9.90 Å². The van der Waals surface area contributed by atoms with Crippen molar-refractivity contribution in [1.82, 2.24) is 0 Å². The fourth-order valence-electron chi connectivity index (χ4n) is 1.21. The Morgan fingerprint density at radius 1 is 1.64 bits per heavy atom. The van der Waals surface area contributed by atoms with Gasteiger partial charge in [0.15, 0.2) is 0 Å². The van der Waals surface area contributed by atoms with Crippen molar-refractivity contribution in [2.45, 2.75) is 19.4 Å². The predicted molar refractivity (Wildman–Crippen MR) is 51.4 cm³/mol. The molecule has 0 aliphatic carbocycles. The van der Waals surface area contributed by atoms with Gasteiger partial charge in [0.2, 0.25) is 0 Å². The molecular formula is C11H11NO2. The first kappa shape index (κ1) is 10.4. The van der Waals surface area contributed by atoms with Crippen LogP contribution in [0.15, 0.2) is 24.3 Å². The standard InChI is InChI=1S/C11H11NO2/c1-8(13)5-11(14)10-4-2-3-9(6-10)7-12/h2-4,6,11,14H,5H2,1H3/t11-/m1/s1. The largest absolute Gasteiger partial charge is 0.388 e. The summed E-state index contributed by atoms with van der Waals surface area (Å²) in [6.07, 6.45) is -0.713. The van der Waals surface area contributed by atoms with Gasteiger partial charge in [-0.15, -0.1) is 0 Å². The highest BCUT2D eigenvalue weighted by Crippen LogP contribution is 2.17. The van der Waals surface area contributed by atoms with Crippen LogP contribution in [0.2, 0.25) is 0 Å². The van der Waals surface area contributed by atoms with Gasteiger partial charge in [-0.3, -0.25) is 4.79 Å². The van der Waals surface area contributed by atoms with Gasteiger partial charge in [-0.2, -0.15) is 5.26 Å². The molecule has 0 bridgehead atoms. The van der Waals surface area contributed by atoms with E-state index in [1.54, 1.807) is 24.3 Å². The molecule has 3 heteroatoms. The number of nitrogens with zero attached hydrogens (tertiary/aromatic N) is 1. The van der Waals surface area contributed by atoms with Crippen LogP contribution in [0.5, 0.6) is 0 Å². The molecule has 0 unspecified atom stereocenters. The Kier molecular flexibility index (Phi) is 3.38. The SMILES string of the molecule is CC(=O)C[C@@H](O)c1cccc(C#N)c1. The summed E-state index contributed by atoms with van der Waals surface area (Å²) in [6.45, 7) is 1.43. The van der Waals surface area contributed by atoms with Gasteiger partial charge < -0.3 is 5.11 Å². The van der Waals surface area contributed by atoms with Crippen molar-refractivity contribution in [3.05, 3.63) is 35.4 Å². The molecule has 0 heterocycles. The van der Waals surface area contributed by atoms with Crippen molar-refractivity contribution >= 4 is 5.78 Å². The monoisotopic (exact) mass is 189 g/mol. The number of hydrogen-bond donors (Lipinski definition) is 1. The van der Waals surface area contributed by atoms with Gasteiger partial charge in [0.25, 0.3) is 0 Å². The number of nitriles is 1. The lowest BCUT2D eigenvalue weighted by Gasteiger charge is -2.08. The molecule has 0 spiro atoms. The second-order valence-electron chi connectivity index (χ2n) is 3.16. The molecule has 0 aromatic heterocycles. The summed E-state index contributed by atoms with van der Waals surface area (Å²) in [7, 11) is 0. The molecule has 0 radical (unpaired) electrons. The number of aliphatic hydroxyl groups excluding tert-OH is 1. The number of ketones is 1. The Morgan fingerprint density at radius 3 is 2.93 bits per heavy atom. The van der Waals surface area contributed by atoms with Crippen molar-refractivity contribution in [1.29, 1.82) is 5.26 Å². The van der Waals surface area contributed by atoms with Crippen LogP contribution in [-0.4, -0.2) is 10.9 Å². The molecule has 3 nitrogen and oxygen atoms in total. The van der Waals surface area contributed by atoms with Crippen LogP contribution in [-0.2, 0) is 4.79 Å². The Bertz CT molecular complexity index is 379. The Balaban J connectivity index is 2.85. The zero-order valence-corrected chi connectivity index (χ0v) is 7.90. The van der Waals surface area contributed by atoms with Crippen LogP contribution in [0.4, 0.5) is 0 Å². The molecule has 0 amide bonds. The molecule has 1 atom stereocenters. The lowest BCUT2D eigenvalue weighted by molar-refractivity contribution is -0.118. The van der Waals surface area contributed by atoms with E-state index in [1.165, 1.54) is 6.92 Å². The third-order valence-electron chi connectivity index (χ3n) is 1.88. The van der Waals surface area contributed by atoms with E-state index >= 15 is 0 Å². The van der Waals surface area contributed by atoms with E-state index in [0.717, 1.165) is 0 Å². The second-order valence-corrected chi connectivity index (χ2v) is 3.16. The van der Waals surface area contributed by atoms with Crippen molar-refractivity contribution in [3.63, 3.8) is 0 Å². The minimum atomic E-state index is -0.805. The molecule has 0 aliphatic rings. The zero-order chi connectivity index (χ0) is 10.6. The van der Waals surface area contributed by atoms with Gasteiger partial charge in [-0.25, -0.2) is 0 Å². The predicted octanol–water partition coefficient (Wildman–Crippen LogP) is 1.57. The number of aliphatic hydroxyl groups is 1. The van der Waals surface area contributed by atoms with Crippen molar-refractivity contribution in [2.75, 3.05) is 0 Å². The molecule has 1 aromatic rings. The van der Waals surface area contributed by atoms with Gasteiger partial charge in [-0.05, 0) is 24.6 Å². The third-order valence-corrected chi connectivity index (χ3v) is 1.88. The number of benzene rings is 1. The number of carbonyl (C=O) groups excluding carboxylic acids is 1. The maximum atomic E-state index is 10.8. The molecule has 1 N–H and O–H groups in total. The van der Waals surface area contributed by atoms with Gasteiger partial charge in [0.1, 0.15) is 5.78 Å². The summed E-state index contributed by atoms with van der Waals surface area (Å²) in [4.78, 5) is 10.8. The maximum Gasteiger partial charge on any atom is 0.132 e. The molecule has 72 valence electrons. The van der Waals surface area contributed by atoms with E-state index in [9.17, 15) is 9.90 Å². The van der Waals surface area contributed by atoms with Gasteiger partial charge in [0, 0.05) is 6.42 Å². The topological polar surface area (TPSA) is 61.1 Å². The second kappa shape index (κ2) is 4.54. The number of carbonyl (C=O) groups is 1. The first-order valence-corrected chi connectivity index (χ1v) is 4.31. The van der Waals surface area contributed by atoms with Crippen molar-refractivity contribution in [2.24, 2.45) is 0 Å². The van der Waals surface area contributed by atoms with E-state index in [4.69, 9.17) is 5.26 Å². The normalized spacial score (nSPS) is 11.8. The lowest BCUT2D eigenvalue weighted by Crippen LogP contribution is -2.03. The summed E-state index contributed by atoms with van der Waals surface area (Å²) >= 11 is 0. The summed E-state index contributed by atoms with van der Waals surface area (Å²) in [5, 5.41) is 18.2. The van der Waals surface area contributed by atoms with E-state index < -0.39 is 6.10 Å². The summed E-state index contributed by atoms with van der Waals surface area (Å²) in [6, 6.07) is 8.62. The van der Waals surface area contributed by atoms with E-state index in [-0.39, 0.29) is 12.2 Å². The van der Waals surface area contributed by atoms with E-state index in [0.29, 0.717) is 11.1 Å². The molecule has 0 aliphatic heterocycles. The van der Waals surface area contributed by atoms with Gasteiger partial charge in [0.05, 0.1) is 17.7 Å². The Hall–Kier alpha value is -1.66. The molecular weight excluding hydrogens is 178 g/mol. The molecule has 0 fully saturated rings. The van der Waals surface area contributed by atoms with Crippen LogP contribution in [0, 0.1) is 11.3 Å². The third kappa shape index (κ3) is 2.68. The van der Waals surface area contributed by atoms with E-state index in [1.807, 2.05) is 6.07 Å². The number of Topliss-reactive ketones (excluding diaryl/α,β-unsaturated/α-hetero) is 1. The Morgan fingerprint density at radius 2 is 2.36 bits per heavy atom. The summed E-state index contributed by atoms with van der Waals surface area (Å²) in [5.74, 6) is -0.0696. The average molecular weight is 189 g/mol. The zero-order valence-electron chi connectivity index (χ0n) is 7.90. The van der Waals surface area contributed by atoms with E-state index in [2.05, 4.69) is 0 Å². The molecule has 0 saturated heterocycles. The van der Waals surface area contributed by atoms with Gasteiger partial charge in [-0.1, -0.05) is 12.1 Å². The molecule has 14 heavy (non-hydrogen) atoms. The van der Waals surface area contributed by atoms with Crippen LogP contribution in [0.25, 0.3) is 0 Å². The fraction of sp³-hybridized carbons (Fsp3) is 0.273. The number of rotatable bonds is 3. The lowest BCUT2D eigenvalue weighted by atomic mass is 10.0. The quantitative estimate of drug-likeness (QED) is 0.785. The van der Waals surface area contributed by atoms with Crippen molar-refractivity contribution in [3.8, 4) is 6.07 Å². The van der Waals surface area contributed by atoms with Crippen LogP contribution < -0.4 is 0 Å². The first-order chi connectivity index (χ1) is 6.63. The average Bonchev–Trinajstić information content (AvgIpc) is 2.17. The first-order valence-electron chi connectivity index (χ1n) is 4.31. The fourth-order valence-corrected chi connectivity index (χ4v) is 1.21. The number of hydrogen-bond acceptors (Lipinski definition) is 3. The van der Waals surface area contributed by atoms with Gasteiger partial charge >= 0.3 is 0 Å². The highest BCUT2D eigenvalue weighted by atomic mass is 16.3. The van der Waals surface area contributed by atoms with Crippen LogP contribution in [0.1, 0.15) is 30.6 Å². The minimum Gasteiger partial charge on any atom is -0.388 e. The smallest absolute Gasteiger partial charge is 0.132 e. The molecule has 1 aromatic carbocycles. The molecule has 1 rings (SSSR count). The van der Waals surface area contributed by atoms with Crippen LogP contribution in [0.3, 0.4) is 0 Å². The molecule has 0 saturated carbocycles. The minimum absolute atomic E-state index is 0.0696. The Labute approximate surface area is 82.6 Å². The highest BCUT2D eigenvalue weighted by molar-refractivity contribution is 5.76.